The molecule has 0 aromatic heterocycles. The first-order valence-corrected chi connectivity index (χ1v) is 9.19. The van der Waals surface area contributed by atoms with Crippen LogP contribution in [0.3, 0.4) is 0 Å². The van der Waals surface area contributed by atoms with E-state index in [0.717, 1.165) is 19.0 Å². The Morgan fingerprint density at radius 3 is 2.35 bits per heavy atom. The van der Waals surface area contributed by atoms with E-state index in [4.69, 9.17) is 0 Å². The van der Waals surface area contributed by atoms with Crippen molar-refractivity contribution in [2.75, 3.05) is 32.4 Å². The molecule has 2 nitrogen and oxygen atoms in total. The summed E-state index contributed by atoms with van der Waals surface area (Å²) in [4.78, 5) is 4.10. The zero-order valence-corrected chi connectivity index (χ0v) is 13.3. The number of nitrogens with zero attached hydrogens (tertiary/aromatic N) is 1. The normalized spacial score (nSPS) is 23.1. The monoisotopic (exact) mass is 290 g/mol. The number of rotatable bonds is 4. The molecule has 3 heteroatoms. The Balaban J connectivity index is 1.82. The Bertz CT molecular complexity index is 406. The van der Waals surface area contributed by atoms with E-state index in [9.17, 15) is 0 Å². The minimum Gasteiger partial charge on any atom is -0.314 e. The maximum absolute atomic E-state index is 3.48. The third kappa shape index (κ3) is 3.21. The molecule has 2 aliphatic rings. The van der Waals surface area contributed by atoms with Crippen LogP contribution in [-0.2, 0) is 0 Å². The number of benzene rings is 1. The van der Waals surface area contributed by atoms with Gasteiger partial charge in [-0.25, -0.2) is 0 Å². The molecule has 20 heavy (non-hydrogen) atoms. The van der Waals surface area contributed by atoms with E-state index in [2.05, 4.69) is 40.7 Å². The van der Waals surface area contributed by atoms with Crippen LogP contribution in [0.4, 0.5) is 0 Å². The SMILES string of the molecule is CSc1ccc([C@H](C2CCCC2)N2CCNCC2)cc1. The molecule has 0 unspecified atom stereocenters. The van der Waals surface area contributed by atoms with Gasteiger partial charge in [-0.2, -0.15) is 0 Å². The van der Waals surface area contributed by atoms with Crippen molar-refractivity contribution in [3.63, 3.8) is 0 Å². The quantitative estimate of drug-likeness (QED) is 0.854. The molecule has 1 heterocycles. The molecule has 1 aromatic carbocycles. The Kier molecular flexibility index (Phi) is 5.03. The van der Waals surface area contributed by atoms with Gasteiger partial charge in [0.2, 0.25) is 0 Å². The van der Waals surface area contributed by atoms with Crippen LogP contribution in [-0.4, -0.2) is 37.3 Å². The summed E-state index contributed by atoms with van der Waals surface area (Å²) in [6.45, 7) is 4.69. The first kappa shape index (κ1) is 14.4. The molecule has 1 saturated carbocycles. The smallest absolute Gasteiger partial charge is 0.0377 e. The van der Waals surface area contributed by atoms with Gasteiger partial charge in [-0.3, -0.25) is 4.90 Å². The number of thioether (sulfide) groups is 1. The van der Waals surface area contributed by atoms with Gasteiger partial charge < -0.3 is 5.32 Å². The van der Waals surface area contributed by atoms with Crippen LogP contribution in [0.15, 0.2) is 29.2 Å². The molecule has 1 atom stereocenters. The Morgan fingerprint density at radius 1 is 1.10 bits per heavy atom. The zero-order valence-electron chi connectivity index (χ0n) is 12.5. The summed E-state index contributed by atoms with van der Waals surface area (Å²) in [6, 6.07) is 9.98. The highest BCUT2D eigenvalue weighted by Gasteiger charge is 2.31. The fraction of sp³-hybridized carbons (Fsp3) is 0.647. The first-order chi connectivity index (χ1) is 9.88. The van der Waals surface area contributed by atoms with Crippen LogP contribution in [0.5, 0.6) is 0 Å². The van der Waals surface area contributed by atoms with Crippen LogP contribution in [0.25, 0.3) is 0 Å². The van der Waals surface area contributed by atoms with E-state index in [0.29, 0.717) is 6.04 Å². The van der Waals surface area contributed by atoms with Gasteiger partial charge in [0, 0.05) is 37.1 Å². The summed E-state index contributed by atoms with van der Waals surface area (Å²) in [5, 5.41) is 3.48. The molecule has 0 radical (unpaired) electrons. The van der Waals surface area contributed by atoms with Gasteiger partial charge in [0.1, 0.15) is 0 Å². The molecule has 1 N–H and O–H groups in total. The molecule has 1 aliphatic carbocycles. The predicted molar refractivity (Wildman–Crippen MR) is 87.4 cm³/mol. The molecule has 0 bridgehead atoms. The minimum absolute atomic E-state index is 0.649. The topological polar surface area (TPSA) is 15.3 Å². The summed E-state index contributed by atoms with van der Waals surface area (Å²) in [5.74, 6) is 0.869. The highest BCUT2D eigenvalue weighted by atomic mass is 32.2. The average Bonchev–Trinajstić information content (AvgIpc) is 3.03. The van der Waals surface area contributed by atoms with E-state index in [1.807, 2.05) is 11.8 Å². The number of nitrogens with one attached hydrogen (secondary N) is 1. The fourth-order valence-corrected chi connectivity index (χ4v) is 4.22. The van der Waals surface area contributed by atoms with Gasteiger partial charge >= 0.3 is 0 Å². The summed E-state index contributed by atoms with van der Waals surface area (Å²) >= 11 is 1.83. The van der Waals surface area contributed by atoms with Crippen LogP contribution in [0.1, 0.15) is 37.3 Å². The van der Waals surface area contributed by atoms with Gasteiger partial charge in [-0.1, -0.05) is 25.0 Å². The van der Waals surface area contributed by atoms with Crippen LogP contribution >= 0.6 is 11.8 Å². The molecule has 1 aliphatic heterocycles. The maximum Gasteiger partial charge on any atom is 0.0377 e. The summed E-state index contributed by atoms with van der Waals surface area (Å²) < 4.78 is 0. The summed E-state index contributed by atoms with van der Waals surface area (Å²) in [5.41, 5.74) is 1.54. The van der Waals surface area contributed by atoms with E-state index in [1.54, 1.807) is 0 Å². The van der Waals surface area contributed by atoms with Crippen molar-refractivity contribution in [2.45, 2.75) is 36.6 Å². The average molecular weight is 290 g/mol. The van der Waals surface area contributed by atoms with E-state index < -0.39 is 0 Å². The molecule has 1 saturated heterocycles. The van der Waals surface area contributed by atoms with E-state index in [1.165, 1.54) is 49.2 Å². The second-order valence-corrected chi connectivity index (χ2v) is 6.93. The van der Waals surface area contributed by atoms with Gasteiger partial charge in [-0.15, -0.1) is 11.8 Å². The molecule has 2 fully saturated rings. The van der Waals surface area contributed by atoms with Crippen molar-refractivity contribution in [3.8, 4) is 0 Å². The summed E-state index contributed by atoms with van der Waals surface area (Å²) in [6.07, 6.45) is 7.84. The number of piperazine rings is 1. The van der Waals surface area contributed by atoms with Gasteiger partial charge in [0.15, 0.2) is 0 Å². The molecular formula is C17H26N2S. The highest BCUT2D eigenvalue weighted by molar-refractivity contribution is 7.98. The molecular weight excluding hydrogens is 264 g/mol. The van der Waals surface area contributed by atoms with Gasteiger partial charge in [0.25, 0.3) is 0 Å². The third-order valence-electron chi connectivity index (χ3n) is 4.85. The highest BCUT2D eigenvalue weighted by Crippen LogP contribution is 2.39. The Labute approximate surface area is 127 Å². The largest absolute Gasteiger partial charge is 0.314 e. The zero-order chi connectivity index (χ0) is 13.8. The summed E-state index contributed by atoms with van der Waals surface area (Å²) in [7, 11) is 0. The van der Waals surface area contributed by atoms with Gasteiger partial charge in [0.05, 0.1) is 0 Å². The van der Waals surface area contributed by atoms with Crippen LogP contribution < -0.4 is 5.32 Å². The third-order valence-corrected chi connectivity index (χ3v) is 5.59. The Morgan fingerprint density at radius 2 is 1.75 bits per heavy atom. The first-order valence-electron chi connectivity index (χ1n) is 7.97. The second-order valence-electron chi connectivity index (χ2n) is 6.05. The molecule has 110 valence electrons. The molecule has 0 spiro atoms. The van der Waals surface area contributed by atoms with E-state index in [-0.39, 0.29) is 0 Å². The van der Waals surface area contributed by atoms with Crippen molar-refractivity contribution < 1.29 is 0 Å². The van der Waals surface area contributed by atoms with Crippen molar-refractivity contribution in [2.24, 2.45) is 5.92 Å². The molecule has 1 aromatic rings. The molecule has 0 amide bonds. The lowest BCUT2D eigenvalue weighted by atomic mass is 9.90. The van der Waals surface area contributed by atoms with Crippen molar-refractivity contribution in [1.82, 2.24) is 10.2 Å². The van der Waals surface area contributed by atoms with Crippen LogP contribution in [0, 0.1) is 5.92 Å². The fourth-order valence-electron chi connectivity index (χ4n) is 3.82. The van der Waals surface area contributed by atoms with E-state index >= 15 is 0 Å². The second kappa shape index (κ2) is 6.97. The van der Waals surface area contributed by atoms with Crippen molar-refractivity contribution >= 4 is 11.8 Å². The van der Waals surface area contributed by atoms with Crippen LogP contribution in [0.2, 0.25) is 0 Å². The standard InChI is InChI=1S/C17H26N2S/c1-20-16-8-6-15(7-9-16)17(14-4-2-3-5-14)19-12-10-18-11-13-19/h6-9,14,17-18H,2-5,10-13H2,1H3/t17-/m0/s1. The van der Waals surface area contributed by atoms with Gasteiger partial charge in [-0.05, 0) is 42.7 Å². The lowest BCUT2D eigenvalue weighted by Crippen LogP contribution is -2.46. The minimum atomic E-state index is 0.649. The predicted octanol–water partition coefficient (Wildman–Crippen LogP) is 3.55. The van der Waals surface area contributed by atoms with Crippen molar-refractivity contribution in [1.29, 1.82) is 0 Å². The Hall–Kier alpha value is -0.510. The maximum atomic E-state index is 3.48. The lowest BCUT2D eigenvalue weighted by molar-refractivity contribution is 0.125. The lowest BCUT2D eigenvalue weighted by Gasteiger charge is -2.38. The number of hydrogen-bond acceptors (Lipinski definition) is 3. The molecule has 3 rings (SSSR count). The number of hydrogen-bond donors (Lipinski definition) is 1. The van der Waals surface area contributed by atoms with Crippen molar-refractivity contribution in [3.05, 3.63) is 29.8 Å².